The van der Waals surface area contributed by atoms with E-state index in [1.54, 1.807) is 14.2 Å². The number of methoxy groups -OCH3 is 2. The van der Waals surface area contributed by atoms with Crippen LogP contribution in [0.2, 0.25) is 0 Å². The van der Waals surface area contributed by atoms with Crippen molar-refractivity contribution in [1.82, 2.24) is 5.32 Å². The molecular weight excluding hydrogens is 230 g/mol. The second-order valence-corrected chi connectivity index (χ2v) is 4.40. The van der Waals surface area contributed by atoms with Gasteiger partial charge in [0.05, 0.1) is 13.2 Å². The summed E-state index contributed by atoms with van der Waals surface area (Å²) in [6.45, 7) is 4.19. The van der Waals surface area contributed by atoms with Crippen LogP contribution in [0.5, 0.6) is 5.75 Å². The number of carbonyl (C=O) groups is 1. The average molecular weight is 251 g/mol. The fraction of sp³-hybridized carbons (Fsp3) is 0.500. The van der Waals surface area contributed by atoms with Crippen LogP contribution in [0.25, 0.3) is 0 Å². The molecule has 0 saturated heterocycles. The summed E-state index contributed by atoms with van der Waals surface area (Å²) in [6, 6.07) is 7.65. The van der Waals surface area contributed by atoms with E-state index >= 15 is 0 Å². The number of benzene rings is 1. The highest BCUT2D eigenvalue weighted by Crippen LogP contribution is 2.20. The summed E-state index contributed by atoms with van der Waals surface area (Å²) in [5.74, 6) is 0.789. The van der Waals surface area contributed by atoms with Gasteiger partial charge in [-0.15, -0.1) is 0 Å². The van der Waals surface area contributed by atoms with E-state index in [4.69, 9.17) is 9.47 Å². The van der Waals surface area contributed by atoms with E-state index in [1.807, 2.05) is 38.1 Å². The van der Waals surface area contributed by atoms with Gasteiger partial charge >= 0.3 is 0 Å². The molecule has 1 rings (SSSR count). The third-order valence-corrected chi connectivity index (χ3v) is 2.74. The van der Waals surface area contributed by atoms with Crippen molar-refractivity contribution >= 4 is 5.91 Å². The molecule has 1 aromatic rings. The molecule has 0 heterocycles. The van der Waals surface area contributed by atoms with Gasteiger partial charge in [-0.3, -0.25) is 4.79 Å². The Labute approximate surface area is 108 Å². The highest BCUT2D eigenvalue weighted by Gasteiger charge is 2.14. The first-order chi connectivity index (χ1) is 8.58. The van der Waals surface area contributed by atoms with Crippen LogP contribution in [0.15, 0.2) is 24.3 Å². The van der Waals surface area contributed by atoms with E-state index in [1.165, 1.54) is 0 Å². The van der Waals surface area contributed by atoms with Gasteiger partial charge in [-0.2, -0.15) is 0 Å². The summed E-state index contributed by atoms with van der Waals surface area (Å²) in [7, 11) is 3.26. The molecule has 0 spiro atoms. The molecule has 0 fully saturated rings. The lowest BCUT2D eigenvalue weighted by atomic mass is 10.1. The van der Waals surface area contributed by atoms with E-state index < -0.39 is 0 Å². The first-order valence-corrected chi connectivity index (χ1v) is 6.03. The lowest BCUT2D eigenvalue weighted by Gasteiger charge is -2.18. The molecule has 1 amide bonds. The lowest BCUT2D eigenvalue weighted by molar-refractivity contribution is -0.124. The van der Waals surface area contributed by atoms with Crippen LogP contribution in [0.1, 0.15) is 25.5 Å². The van der Waals surface area contributed by atoms with Gasteiger partial charge in [0.2, 0.25) is 5.91 Å². The zero-order valence-electron chi connectivity index (χ0n) is 11.4. The molecule has 0 saturated carbocycles. The van der Waals surface area contributed by atoms with Crippen LogP contribution in [0.4, 0.5) is 0 Å². The molecule has 4 heteroatoms. The Balaban J connectivity index is 2.67. The largest absolute Gasteiger partial charge is 0.497 e. The van der Waals surface area contributed by atoms with Gasteiger partial charge in [0.25, 0.3) is 0 Å². The number of carbonyl (C=O) groups excluding carboxylic acids is 1. The Morgan fingerprint density at radius 3 is 2.61 bits per heavy atom. The zero-order chi connectivity index (χ0) is 13.5. The second kappa shape index (κ2) is 7.01. The Morgan fingerprint density at radius 1 is 1.33 bits per heavy atom. The maximum atomic E-state index is 11.5. The number of rotatable bonds is 6. The highest BCUT2D eigenvalue weighted by atomic mass is 16.5. The smallest absolute Gasteiger partial charge is 0.222 e. The predicted molar refractivity (Wildman–Crippen MR) is 70.6 cm³/mol. The molecule has 1 N–H and O–H groups in total. The standard InChI is InChI=1S/C14H21NO3/c1-10(2)14(16)15-9-13(18-4)11-6-5-7-12(8-11)17-3/h5-8,10,13H,9H2,1-4H3,(H,15,16). The topological polar surface area (TPSA) is 47.6 Å². The Hall–Kier alpha value is -1.55. The van der Waals surface area contributed by atoms with Gasteiger partial charge < -0.3 is 14.8 Å². The first-order valence-electron chi connectivity index (χ1n) is 6.03. The van der Waals surface area contributed by atoms with Crippen molar-refractivity contribution in [2.75, 3.05) is 20.8 Å². The molecule has 4 nitrogen and oxygen atoms in total. The van der Waals surface area contributed by atoms with Crippen molar-refractivity contribution in [3.63, 3.8) is 0 Å². The van der Waals surface area contributed by atoms with Crippen LogP contribution < -0.4 is 10.1 Å². The second-order valence-electron chi connectivity index (χ2n) is 4.40. The van der Waals surface area contributed by atoms with E-state index in [0.29, 0.717) is 6.54 Å². The van der Waals surface area contributed by atoms with Gasteiger partial charge in [-0.1, -0.05) is 26.0 Å². The fourth-order valence-electron chi connectivity index (χ4n) is 1.58. The number of nitrogens with one attached hydrogen (secondary N) is 1. The summed E-state index contributed by atoms with van der Waals surface area (Å²) in [4.78, 5) is 11.5. The summed E-state index contributed by atoms with van der Waals surface area (Å²) >= 11 is 0. The molecule has 0 bridgehead atoms. The molecule has 1 atom stereocenters. The molecule has 1 unspecified atom stereocenters. The van der Waals surface area contributed by atoms with Gasteiger partial charge in [-0.25, -0.2) is 0 Å². The van der Waals surface area contributed by atoms with Crippen molar-refractivity contribution in [3.8, 4) is 5.75 Å². The van der Waals surface area contributed by atoms with E-state index in [2.05, 4.69) is 5.32 Å². The van der Waals surface area contributed by atoms with Gasteiger partial charge in [0.15, 0.2) is 0 Å². The minimum Gasteiger partial charge on any atom is -0.497 e. The van der Waals surface area contributed by atoms with Gasteiger partial charge in [0.1, 0.15) is 5.75 Å². The predicted octanol–water partition coefficient (Wildman–Crippen LogP) is 2.15. The average Bonchev–Trinajstić information content (AvgIpc) is 2.39. The number of amides is 1. The zero-order valence-corrected chi connectivity index (χ0v) is 11.4. The van der Waals surface area contributed by atoms with Gasteiger partial charge in [-0.05, 0) is 17.7 Å². The van der Waals surface area contributed by atoms with Gasteiger partial charge in [0, 0.05) is 19.6 Å². The van der Waals surface area contributed by atoms with Crippen molar-refractivity contribution in [2.24, 2.45) is 5.92 Å². The minimum absolute atomic E-state index is 0.0205. The summed E-state index contributed by atoms with van der Waals surface area (Å²) < 4.78 is 10.6. The molecule has 0 aliphatic carbocycles. The molecule has 1 aromatic carbocycles. The fourth-order valence-corrected chi connectivity index (χ4v) is 1.58. The maximum absolute atomic E-state index is 11.5. The van der Waals surface area contributed by atoms with Crippen molar-refractivity contribution in [1.29, 1.82) is 0 Å². The lowest BCUT2D eigenvalue weighted by Crippen LogP contribution is -2.32. The normalized spacial score (nSPS) is 12.3. The van der Waals surface area contributed by atoms with E-state index in [9.17, 15) is 4.79 Å². The van der Waals surface area contributed by atoms with Crippen LogP contribution in [0, 0.1) is 5.92 Å². The maximum Gasteiger partial charge on any atom is 0.222 e. The third kappa shape index (κ3) is 4.04. The third-order valence-electron chi connectivity index (χ3n) is 2.74. The van der Waals surface area contributed by atoms with Crippen LogP contribution in [0.3, 0.4) is 0 Å². The first kappa shape index (κ1) is 14.5. The SMILES string of the molecule is COc1cccc(C(CNC(=O)C(C)C)OC)c1. The van der Waals surface area contributed by atoms with E-state index in [0.717, 1.165) is 11.3 Å². The Bertz CT molecular complexity index is 390. The number of hydrogen-bond donors (Lipinski definition) is 1. The monoisotopic (exact) mass is 251 g/mol. The summed E-state index contributed by atoms with van der Waals surface area (Å²) in [5.41, 5.74) is 0.987. The molecule has 0 aliphatic heterocycles. The molecule has 0 aromatic heterocycles. The highest BCUT2D eigenvalue weighted by molar-refractivity contribution is 5.77. The molecule has 0 aliphatic rings. The van der Waals surface area contributed by atoms with Crippen LogP contribution in [-0.4, -0.2) is 26.7 Å². The summed E-state index contributed by atoms with van der Waals surface area (Å²) in [5, 5.41) is 2.86. The van der Waals surface area contributed by atoms with E-state index in [-0.39, 0.29) is 17.9 Å². The summed E-state index contributed by atoms with van der Waals surface area (Å²) in [6.07, 6.45) is -0.164. The number of hydrogen-bond acceptors (Lipinski definition) is 3. The molecular formula is C14H21NO3. The molecule has 0 radical (unpaired) electrons. The van der Waals surface area contributed by atoms with Crippen LogP contribution >= 0.6 is 0 Å². The van der Waals surface area contributed by atoms with Crippen molar-refractivity contribution in [3.05, 3.63) is 29.8 Å². The van der Waals surface area contributed by atoms with Crippen molar-refractivity contribution < 1.29 is 14.3 Å². The van der Waals surface area contributed by atoms with Crippen molar-refractivity contribution in [2.45, 2.75) is 20.0 Å². The quantitative estimate of drug-likeness (QED) is 0.842. The Morgan fingerprint density at radius 2 is 2.06 bits per heavy atom. The number of ether oxygens (including phenoxy) is 2. The Kier molecular flexibility index (Phi) is 5.65. The minimum atomic E-state index is -0.164. The van der Waals surface area contributed by atoms with Crippen LogP contribution in [-0.2, 0) is 9.53 Å². The molecule has 100 valence electrons. The molecule has 18 heavy (non-hydrogen) atoms.